The Balaban J connectivity index is -0.000000138. The molecule has 0 saturated heterocycles. The Hall–Kier alpha value is 0.114. The summed E-state index contributed by atoms with van der Waals surface area (Å²) in [6.45, 7) is 0. The van der Waals surface area contributed by atoms with Crippen LogP contribution in [0.4, 0.5) is 0 Å². The van der Waals surface area contributed by atoms with Crippen molar-refractivity contribution in [2.75, 3.05) is 12.5 Å². The maximum absolute atomic E-state index is 4.08. The standard InChI is InChI=1S/2C5H5.2CH4S.Ti/c2*1-2-4-5-3-1;2*1-2;/h2*1-5H;2*2H,1H3;/q2*-1;;;/p-2. The third kappa shape index (κ3) is 20.2. The molecule has 3 heteroatoms. The van der Waals surface area contributed by atoms with Gasteiger partial charge in [0.15, 0.2) is 0 Å². The third-order valence-electron chi connectivity index (χ3n) is 1.11. The second kappa shape index (κ2) is 23.7. The second-order valence-electron chi connectivity index (χ2n) is 1.92. The molecule has 0 nitrogen and oxygen atoms in total. The molecular weight excluding hydrogens is 256 g/mol. The van der Waals surface area contributed by atoms with Crippen LogP contribution >= 0.6 is 0 Å². The number of rotatable bonds is 0. The molecule has 0 heterocycles. The summed E-state index contributed by atoms with van der Waals surface area (Å²) in [5, 5.41) is 0. The summed E-state index contributed by atoms with van der Waals surface area (Å²) in [5.74, 6) is 0. The SMILES string of the molecule is C[S-].C[S-].[Ti].c1cc[cH-]c1.c1cc[cH-]c1. The van der Waals surface area contributed by atoms with Crippen LogP contribution in [-0.2, 0) is 47.0 Å². The molecule has 2 rings (SSSR count). The van der Waals surface area contributed by atoms with Crippen LogP contribution in [0.5, 0.6) is 0 Å². The average molecular weight is 272 g/mol. The van der Waals surface area contributed by atoms with Gasteiger partial charge in [-0.05, 0) is 0 Å². The average Bonchev–Trinajstić information content (AvgIpc) is 3.01. The van der Waals surface area contributed by atoms with Crippen LogP contribution in [0.1, 0.15) is 0 Å². The summed E-state index contributed by atoms with van der Waals surface area (Å²) >= 11 is 8.17. The van der Waals surface area contributed by atoms with Crippen LogP contribution in [0, 0.1) is 0 Å². The van der Waals surface area contributed by atoms with Crippen LogP contribution in [0.15, 0.2) is 60.7 Å². The predicted octanol–water partition coefficient (Wildman–Crippen LogP) is 3.13. The molecule has 0 aliphatic rings. The van der Waals surface area contributed by atoms with E-state index in [4.69, 9.17) is 0 Å². The van der Waals surface area contributed by atoms with Crippen LogP contribution in [0.3, 0.4) is 0 Å². The molecule has 0 atom stereocenters. The molecule has 0 spiro atoms. The maximum Gasteiger partial charge on any atom is 0 e. The molecule has 0 amide bonds. The van der Waals surface area contributed by atoms with E-state index in [1.807, 2.05) is 60.7 Å². The van der Waals surface area contributed by atoms with Gasteiger partial charge < -0.3 is 25.3 Å². The zero-order chi connectivity index (χ0) is 11.1. The van der Waals surface area contributed by atoms with Gasteiger partial charge in [0.25, 0.3) is 0 Å². The molecule has 0 bridgehead atoms. The Kier molecular flexibility index (Phi) is 32.5. The number of hydrogen-bond acceptors (Lipinski definition) is 2. The summed E-state index contributed by atoms with van der Waals surface area (Å²) < 4.78 is 0. The minimum absolute atomic E-state index is 0. The maximum atomic E-state index is 4.08. The molecule has 84 valence electrons. The van der Waals surface area contributed by atoms with Gasteiger partial charge in [-0.25, -0.2) is 24.3 Å². The monoisotopic (exact) mass is 272 g/mol. The molecule has 0 aromatic heterocycles. The molecule has 0 fully saturated rings. The van der Waals surface area contributed by atoms with Crippen LogP contribution < -0.4 is 0 Å². The van der Waals surface area contributed by atoms with E-state index in [0.717, 1.165) is 0 Å². The van der Waals surface area contributed by atoms with Gasteiger partial charge in [-0.2, -0.15) is 48.9 Å². The van der Waals surface area contributed by atoms with Crippen molar-refractivity contribution in [1.29, 1.82) is 0 Å². The zero-order valence-electron chi connectivity index (χ0n) is 9.09. The summed E-state index contributed by atoms with van der Waals surface area (Å²) in [6.07, 6.45) is 3.17. The zero-order valence-corrected chi connectivity index (χ0v) is 12.3. The molecule has 0 aliphatic heterocycles. The second-order valence-corrected chi connectivity index (χ2v) is 1.92. The minimum Gasteiger partial charge on any atom is -0.796 e. The first-order chi connectivity index (χ1) is 7.00. The van der Waals surface area contributed by atoms with E-state index < -0.39 is 0 Å². The third-order valence-corrected chi connectivity index (χ3v) is 1.11. The van der Waals surface area contributed by atoms with E-state index in [2.05, 4.69) is 25.3 Å². The van der Waals surface area contributed by atoms with Crippen molar-refractivity contribution >= 4 is 25.3 Å². The fourth-order valence-electron chi connectivity index (χ4n) is 0.642. The normalized spacial score (nSPS) is 6.13. The van der Waals surface area contributed by atoms with Crippen molar-refractivity contribution in [1.82, 2.24) is 0 Å². The van der Waals surface area contributed by atoms with Gasteiger partial charge >= 0.3 is 0 Å². The fourth-order valence-corrected chi connectivity index (χ4v) is 0.642. The van der Waals surface area contributed by atoms with Gasteiger partial charge in [0.2, 0.25) is 0 Å². The largest absolute Gasteiger partial charge is 0.796 e. The van der Waals surface area contributed by atoms with Crippen LogP contribution in [0.25, 0.3) is 0 Å². The van der Waals surface area contributed by atoms with Crippen molar-refractivity contribution < 1.29 is 21.7 Å². The van der Waals surface area contributed by atoms with E-state index in [0.29, 0.717) is 0 Å². The summed E-state index contributed by atoms with van der Waals surface area (Å²) in [6, 6.07) is 20.0. The number of hydrogen-bond donors (Lipinski definition) is 0. The minimum atomic E-state index is 0. The molecule has 0 N–H and O–H groups in total. The molecule has 0 radical (unpaired) electrons. The topological polar surface area (TPSA) is 0 Å². The summed E-state index contributed by atoms with van der Waals surface area (Å²) in [4.78, 5) is 0. The first-order valence-corrected chi connectivity index (χ1v) is 5.78. The van der Waals surface area contributed by atoms with Gasteiger partial charge in [-0.1, -0.05) is 0 Å². The summed E-state index contributed by atoms with van der Waals surface area (Å²) in [7, 11) is 0. The molecule has 2 aromatic carbocycles. The van der Waals surface area contributed by atoms with E-state index >= 15 is 0 Å². The Morgan fingerprint density at radius 2 is 0.800 bits per heavy atom. The van der Waals surface area contributed by atoms with Gasteiger partial charge in [-0.3, -0.25) is 0 Å². The Labute approximate surface area is 120 Å². The van der Waals surface area contributed by atoms with Crippen LogP contribution in [-0.4, -0.2) is 12.5 Å². The van der Waals surface area contributed by atoms with E-state index in [9.17, 15) is 0 Å². The summed E-state index contributed by atoms with van der Waals surface area (Å²) in [5.41, 5.74) is 0. The molecule has 0 aliphatic carbocycles. The Morgan fingerprint density at radius 3 is 0.867 bits per heavy atom. The fraction of sp³-hybridized carbons (Fsp3) is 0.167. The van der Waals surface area contributed by atoms with Crippen molar-refractivity contribution in [2.24, 2.45) is 0 Å². The molecular formula is C12H16S2Ti-4. The smallest absolute Gasteiger partial charge is 0 e. The van der Waals surface area contributed by atoms with Crippen LogP contribution in [0.2, 0.25) is 0 Å². The van der Waals surface area contributed by atoms with E-state index in [1.165, 1.54) is 0 Å². The molecule has 0 unspecified atom stereocenters. The van der Waals surface area contributed by atoms with Gasteiger partial charge in [-0.15, -0.1) is 0 Å². The quantitative estimate of drug-likeness (QED) is 0.410. The first-order valence-electron chi connectivity index (χ1n) is 4.15. The molecule has 0 saturated carbocycles. The predicted molar refractivity (Wildman–Crippen MR) is 70.6 cm³/mol. The van der Waals surface area contributed by atoms with Crippen molar-refractivity contribution in [3.63, 3.8) is 0 Å². The Morgan fingerprint density at radius 1 is 0.600 bits per heavy atom. The van der Waals surface area contributed by atoms with Gasteiger partial charge in [0.05, 0.1) is 0 Å². The first kappa shape index (κ1) is 20.5. The Bertz CT molecular complexity index is 153. The van der Waals surface area contributed by atoms with E-state index in [-0.39, 0.29) is 21.7 Å². The van der Waals surface area contributed by atoms with Crippen molar-refractivity contribution in [2.45, 2.75) is 0 Å². The van der Waals surface area contributed by atoms with E-state index in [1.54, 1.807) is 12.5 Å². The van der Waals surface area contributed by atoms with Crippen molar-refractivity contribution in [3.8, 4) is 0 Å². The van der Waals surface area contributed by atoms with Crippen molar-refractivity contribution in [3.05, 3.63) is 60.7 Å². The molecule has 2 aromatic rings. The van der Waals surface area contributed by atoms with Gasteiger partial charge in [0, 0.05) is 21.7 Å². The van der Waals surface area contributed by atoms with Gasteiger partial charge in [0.1, 0.15) is 0 Å². The molecule has 15 heavy (non-hydrogen) atoms.